The van der Waals surface area contributed by atoms with E-state index in [1.54, 1.807) is 0 Å². The summed E-state index contributed by atoms with van der Waals surface area (Å²) in [6.45, 7) is 0.355. The quantitative estimate of drug-likeness (QED) is 0.927. The molecule has 2 aromatic heterocycles. The molecule has 1 N–H and O–H groups in total. The van der Waals surface area contributed by atoms with E-state index >= 15 is 0 Å². The van der Waals surface area contributed by atoms with Crippen LogP contribution in [0.2, 0.25) is 0 Å². The number of alkyl halides is 3. The van der Waals surface area contributed by atoms with Gasteiger partial charge < -0.3 is 5.32 Å². The minimum atomic E-state index is -4.36. The van der Waals surface area contributed by atoms with E-state index in [2.05, 4.69) is 15.4 Å². The maximum absolute atomic E-state index is 12.6. The molecule has 0 spiro atoms. The van der Waals surface area contributed by atoms with Crippen molar-refractivity contribution in [2.45, 2.75) is 44.4 Å². The maximum atomic E-state index is 12.6. The first-order valence-electron chi connectivity index (χ1n) is 7.33. The molecule has 1 aliphatic carbocycles. The number of rotatable bonds is 4. The van der Waals surface area contributed by atoms with Crippen LogP contribution in [0.4, 0.5) is 19.0 Å². The summed E-state index contributed by atoms with van der Waals surface area (Å²) < 4.78 is 39.9. The molecule has 3 rings (SSSR count). The number of aromatic nitrogens is 3. The Morgan fingerprint density at radius 1 is 1.23 bits per heavy atom. The molecule has 1 saturated carbocycles. The van der Waals surface area contributed by atoms with E-state index < -0.39 is 11.7 Å². The first-order chi connectivity index (χ1) is 10.5. The molecule has 1 fully saturated rings. The summed E-state index contributed by atoms with van der Waals surface area (Å²) in [7, 11) is 0. The van der Waals surface area contributed by atoms with Crippen molar-refractivity contribution in [3.63, 3.8) is 0 Å². The third-order valence-corrected chi connectivity index (χ3v) is 3.90. The van der Waals surface area contributed by atoms with E-state index in [1.165, 1.54) is 12.8 Å². The zero-order valence-corrected chi connectivity index (χ0v) is 12.0. The van der Waals surface area contributed by atoms with Gasteiger partial charge in [-0.15, -0.1) is 0 Å². The Bertz CT molecular complexity index is 630. The second-order valence-corrected chi connectivity index (χ2v) is 5.51. The van der Waals surface area contributed by atoms with E-state index in [9.17, 15) is 13.2 Å². The number of pyridine rings is 1. The van der Waals surface area contributed by atoms with Gasteiger partial charge in [0.25, 0.3) is 0 Å². The minimum Gasteiger partial charge on any atom is -0.364 e. The molecule has 0 radical (unpaired) electrons. The van der Waals surface area contributed by atoms with E-state index in [-0.39, 0.29) is 5.82 Å². The summed E-state index contributed by atoms with van der Waals surface area (Å²) in [6, 6.07) is 4.31. The highest BCUT2D eigenvalue weighted by atomic mass is 19.4. The fourth-order valence-corrected chi connectivity index (χ4v) is 2.73. The average Bonchev–Trinajstić information content (AvgIpc) is 3.15. The number of hydrogen-bond acceptors (Lipinski definition) is 3. The number of nitrogens with one attached hydrogen (secondary N) is 1. The normalized spacial score (nSPS) is 16.1. The zero-order chi connectivity index (χ0) is 15.6. The predicted octanol–water partition coefficient (Wildman–Crippen LogP) is 4.02. The van der Waals surface area contributed by atoms with Crippen molar-refractivity contribution in [2.24, 2.45) is 0 Å². The van der Waals surface area contributed by atoms with E-state index in [1.807, 2.05) is 16.9 Å². The Morgan fingerprint density at radius 3 is 2.73 bits per heavy atom. The highest BCUT2D eigenvalue weighted by Crippen LogP contribution is 2.30. The van der Waals surface area contributed by atoms with Crippen molar-refractivity contribution in [3.8, 4) is 0 Å². The molecule has 0 bridgehead atoms. The zero-order valence-electron chi connectivity index (χ0n) is 12.0. The molecule has 0 atom stereocenters. The van der Waals surface area contributed by atoms with Crippen LogP contribution in [-0.2, 0) is 12.7 Å². The van der Waals surface area contributed by atoms with Crippen LogP contribution in [0.1, 0.15) is 43.0 Å². The Morgan fingerprint density at radius 2 is 2.00 bits per heavy atom. The first-order valence-corrected chi connectivity index (χ1v) is 7.33. The summed E-state index contributed by atoms with van der Waals surface area (Å²) in [6.07, 6.45) is 3.48. The lowest BCUT2D eigenvalue weighted by Crippen LogP contribution is -2.09. The van der Waals surface area contributed by atoms with Crippen LogP contribution >= 0.6 is 0 Å². The lowest BCUT2D eigenvalue weighted by Gasteiger charge is -2.10. The standard InChI is InChI=1S/C15H17F3N4/c16-15(17,18)11-5-7-19-14(9-11)20-10-12-6-8-22(21-12)13-3-1-2-4-13/h5-9,13H,1-4,10H2,(H,19,20). The smallest absolute Gasteiger partial charge is 0.364 e. The monoisotopic (exact) mass is 310 g/mol. The highest BCUT2D eigenvalue weighted by molar-refractivity contribution is 5.38. The van der Waals surface area contributed by atoms with Crippen LogP contribution < -0.4 is 5.32 Å². The first kappa shape index (κ1) is 14.9. The molecular formula is C15H17F3N4. The lowest BCUT2D eigenvalue weighted by atomic mass is 10.2. The van der Waals surface area contributed by atoms with Crippen molar-refractivity contribution in [2.75, 3.05) is 5.32 Å². The Labute approximate surface area is 126 Å². The van der Waals surface area contributed by atoms with Crippen LogP contribution in [0.15, 0.2) is 30.6 Å². The number of anilines is 1. The van der Waals surface area contributed by atoms with E-state index in [0.717, 1.165) is 36.9 Å². The number of nitrogens with zero attached hydrogens (tertiary/aromatic N) is 3. The van der Waals surface area contributed by atoms with Gasteiger partial charge in [-0.05, 0) is 31.0 Å². The molecule has 118 valence electrons. The molecule has 2 heterocycles. The van der Waals surface area contributed by atoms with Gasteiger partial charge in [0.15, 0.2) is 0 Å². The Hall–Kier alpha value is -2.05. The summed E-state index contributed by atoms with van der Waals surface area (Å²) in [5.74, 6) is 0.199. The molecule has 1 aliphatic rings. The molecule has 0 aromatic carbocycles. The fraction of sp³-hybridized carbons (Fsp3) is 0.467. The molecule has 2 aromatic rings. The van der Waals surface area contributed by atoms with Crippen LogP contribution in [0.3, 0.4) is 0 Å². The maximum Gasteiger partial charge on any atom is 0.416 e. The van der Waals surface area contributed by atoms with Crippen LogP contribution in [-0.4, -0.2) is 14.8 Å². The molecule has 0 aliphatic heterocycles. The van der Waals surface area contributed by atoms with Crippen molar-refractivity contribution in [1.82, 2.24) is 14.8 Å². The van der Waals surface area contributed by atoms with Gasteiger partial charge in [0.2, 0.25) is 0 Å². The van der Waals surface area contributed by atoms with E-state index in [0.29, 0.717) is 12.6 Å². The van der Waals surface area contributed by atoms with Crippen molar-refractivity contribution < 1.29 is 13.2 Å². The predicted molar refractivity (Wildman–Crippen MR) is 76.3 cm³/mol. The number of hydrogen-bond donors (Lipinski definition) is 1. The van der Waals surface area contributed by atoms with Gasteiger partial charge in [0, 0.05) is 12.4 Å². The van der Waals surface area contributed by atoms with Gasteiger partial charge >= 0.3 is 6.18 Å². The molecule has 0 unspecified atom stereocenters. The topological polar surface area (TPSA) is 42.7 Å². The molecule has 7 heteroatoms. The second-order valence-electron chi connectivity index (χ2n) is 5.51. The van der Waals surface area contributed by atoms with Crippen LogP contribution in [0, 0.1) is 0 Å². The SMILES string of the molecule is FC(F)(F)c1ccnc(NCc2ccn(C3CCCC3)n2)c1. The highest BCUT2D eigenvalue weighted by Gasteiger charge is 2.30. The summed E-state index contributed by atoms with van der Waals surface area (Å²) in [5.41, 5.74) is 0.0904. The van der Waals surface area contributed by atoms with Gasteiger partial charge in [-0.2, -0.15) is 18.3 Å². The minimum absolute atomic E-state index is 0.199. The Kier molecular flexibility index (Phi) is 4.04. The van der Waals surface area contributed by atoms with E-state index in [4.69, 9.17) is 0 Å². The van der Waals surface area contributed by atoms with Gasteiger partial charge in [-0.1, -0.05) is 12.8 Å². The second kappa shape index (κ2) is 5.98. The van der Waals surface area contributed by atoms with Crippen molar-refractivity contribution >= 4 is 5.82 Å². The van der Waals surface area contributed by atoms with Crippen molar-refractivity contribution in [1.29, 1.82) is 0 Å². The molecular weight excluding hydrogens is 293 g/mol. The van der Waals surface area contributed by atoms with Crippen molar-refractivity contribution in [3.05, 3.63) is 41.9 Å². The van der Waals surface area contributed by atoms with Gasteiger partial charge in [-0.3, -0.25) is 4.68 Å². The molecule has 0 saturated heterocycles. The summed E-state index contributed by atoms with van der Waals surface area (Å²) in [5, 5.41) is 7.37. The molecule has 4 nitrogen and oxygen atoms in total. The largest absolute Gasteiger partial charge is 0.416 e. The molecule has 0 amide bonds. The van der Waals surface area contributed by atoms with Gasteiger partial charge in [0.05, 0.1) is 23.8 Å². The Balaban J connectivity index is 1.63. The van der Waals surface area contributed by atoms with Crippen LogP contribution in [0.25, 0.3) is 0 Å². The number of halogens is 3. The van der Waals surface area contributed by atoms with Gasteiger partial charge in [0.1, 0.15) is 5.82 Å². The molecule has 22 heavy (non-hydrogen) atoms. The van der Waals surface area contributed by atoms with Crippen LogP contribution in [0.5, 0.6) is 0 Å². The fourth-order valence-electron chi connectivity index (χ4n) is 2.73. The lowest BCUT2D eigenvalue weighted by molar-refractivity contribution is -0.137. The average molecular weight is 310 g/mol. The van der Waals surface area contributed by atoms with Gasteiger partial charge in [-0.25, -0.2) is 4.98 Å². The summed E-state index contributed by atoms with van der Waals surface area (Å²) >= 11 is 0. The summed E-state index contributed by atoms with van der Waals surface area (Å²) in [4.78, 5) is 3.91. The third-order valence-electron chi connectivity index (χ3n) is 3.90. The third kappa shape index (κ3) is 3.40.